The summed E-state index contributed by atoms with van der Waals surface area (Å²) in [6.45, 7) is 0.205. The highest BCUT2D eigenvalue weighted by Crippen LogP contribution is 2.12. The van der Waals surface area contributed by atoms with E-state index in [0.717, 1.165) is 22.3 Å². The second-order valence-corrected chi connectivity index (χ2v) is 5.07. The minimum absolute atomic E-state index is 0.205. The largest absolute Gasteiger partial charge is 0.497 e. The van der Waals surface area contributed by atoms with E-state index in [1.807, 2.05) is 48.5 Å². The minimum Gasteiger partial charge on any atom is -0.497 e. The Morgan fingerprint density at radius 2 is 1.83 bits per heavy atom. The molecule has 0 bridgehead atoms. The van der Waals surface area contributed by atoms with Crippen molar-refractivity contribution in [3.63, 3.8) is 0 Å². The summed E-state index contributed by atoms with van der Waals surface area (Å²) in [7, 11) is 1.61. The van der Waals surface area contributed by atoms with E-state index in [4.69, 9.17) is 9.47 Å². The summed E-state index contributed by atoms with van der Waals surface area (Å²) in [5, 5.41) is 0. The summed E-state index contributed by atoms with van der Waals surface area (Å²) in [5.74, 6) is 0.334. The number of methoxy groups -OCH3 is 1. The molecular formula is C19H16N2O3. The number of para-hydroxylation sites is 2. The number of fused-ring (bicyclic) bond motifs is 1. The normalized spacial score (nSPS) is 10.9. The fourth-order valence-corrected chi connectivity index (χ4v) is 2.13. The van der Waals surface area contributed by atoms with Gasteiger partial charge in [0, 0.05) is 6.08 Å². The van der Waals surface area contributed by atoms with Crippen LogP contribution in [0.4, 0.5) is 0 Å². The lowest BCUT2D eigenvalue weighted by Crippen LogP contribution is -2.01. The van der Waals surface area contributed by atoms with Crippen LogP contribution in [0, 0.1) is 0 Å². The molecule has 1 heterocycles. The van der Waals surface area contributed by atoms with Gasteiger partial charge in [-0.05, 0) is 35.9 Å². The van der Waals surface area contributed by atoms with E-state index >= 15 is 0 Å². The van der Waals surface area contributed by atoms with Gasteiger partial charge in [-0.25, -0.2) is 9.78 Å². The molecule has 0 amide bonds. The van der Waals surface area contributed by atoms with E-state index in [1.165, 1.54) is 6.08 Å². The van der Waals surface area contributed by atoms with E-state index in [1.54, 1.807) is 19.4 Å². The van der Waals surface area contributed by atoms with Gasteiger partial charge in [0.15, 0.2) is 0 Å². The van der Waals surface area contributed by atoms with Crippen molar-refractivity contribution >= 4 is 23.1 Å². The van der Waals surface area contributed by atoms with E-state index in [0.29, 0.717) is 5.69 Å². The summed E-state index contributed by atoms with van der Waals surface area (Å²) in [6, 6.07) is 14.9. The molecule has 5 nitrogen and oxygen atoms in total. The lowest BCUT2D eigenvalue weighted by atomic mass is 10.2. The Kier molecular flexibility index (Phi) is 4.81. The Morgan fingerprint density at radius 1 is 1.08 bits per heavy atom. The number of ether oxygens (including phenoxy) is 2. The van der Waals surface area contributed by atoms with Gasteiger partial charge in [0.1, 0.15) is 12.4 Å². The molecule has 120 valence electrons. The molecule has 0 aliphatic heterocycles. The van der Waals surface area contributed by atoms with Crippen molar-refractivity contribution in [3.8, 4) is 5.75 Å². The molecule has 0 atom stereocenters. The van der Waals surface area contributed by atoms with Gasteiger partial charge < -0.3 is 9.47 Å². The van der Waals surface area contributed by atoms with Gasteiger partial charge in [0.05, 0.1) is 30.0 Å². The number of hydrogen-bond donors (Lipinski definition) is 0. The molecule has 0 fully saturated rings. The molecule has 0 saturated carbocycles. The van der Waals surface area contributed by atoms with Crippen LogP contribution in [0.5, 0.6) is 5.75 Å². The third-order valence-corrected chi connectivity index (χ3v) is 3.40. The summed E-state index contributed by atoms with van der Waals surface area (Å²) in [5.41, 5.74) is 3.10. The maximum Gasteiger partial charge on any atom is 0.331 e. The molecule has 0 aliphatic rings. The molecule has 0 unspecified atom stereocenters. The highest BCUT2D eigenvalue weighted by Gasteiger charge is 2.01. The molecule has 2 aromatic carbocycles. The Labute approximate surface area is 139 Å². The van der Waals surface area contributed by atoms with Crippen LogP contribution in [0.1, 0.15) is 11.3 Å². The lowest BCUT2D eigenvalue weighted by molar-refractivity contribution is -0.138. The van der Waals surface area contributed by atoms with Gasteiger partial charge in [0.2, 0.25) is 0 Å². The van der Waals surface area contributed by atoms with Crippen LogP contribution in [0.3, 0.4) is 0 Å². The Morgan fingerprint density at radius 3 is 2.58 bits per heavy atom. The van der Waals surface area contributed by atoms with Gasteiger partial charge in [-0.15, -0.1) is 0 Å². The predicted molar refractivity (Wildman–Crippen MR) is 91.4 cm³/mol. The third kappa shape index (κ3) is 3.95. The van der Waals surface area contributed by atoms with Crippen molar-refractivity contribution < 1.29 is 14.3 Å². The number of carbonyl (C=O) groups excluding carboxylic acids is 1. The number of nitrogens with zero attached hydrogens (tertiary/aromatic N) is 2. The average Bonchev–Trinajstić information content (AvgIpc) is 2.65. The molecule has 5 heteroatoms. The molecular weight excluding hydrogens is 304 g/mol. The van der Waals surface area contributed by atoms with Crippen LogP contribution in [-0.2, 0) is 16.1 Å². The highest BCUT2D eigenvalue weighted by atomic mass is 16.5. The zero-order valence-corrected chi connectivity index (χ0v) is 13.2. The van der Waals surface area contributed by atoms with E-state index in [-0.39, 0.29) is 6.61 Å². The SMILES string of the molecule is COc1ccc(COC(=O)/C=C/c2cnc3ccccc3n2)cc1. The van der Waals surface area contributed by atoms with Gasteiger partial charge in [-0.3, -0.25) is 4.98 Å². The van der Waals surface area contributed by atoms with Crippen molar-refractivity contribution in [2.24, 2.45) is 0 Å². The average molecular weight is 320 g/mol. The Bertz CT molecular complexity index is 873. The topological polar surface area (TPSA) is 61.3 Å². The Hall–Kier alpha value is -3.21. The lowest BCUT2D eigenvalue weighted by Gasteiger charge is -2.04. The molecule has 3 rings (SSSR count). The van der Waals surface area contributed by atoms with Crippen LogP contribution < -0.4 is 4.74 Å². The first-order valence-electron chi connectivity index (χ1n) is 7.44. The number of hydrogen-bond acceptors (Lipinski definition) is 5. The van der Waals surface area contributed by atoms with Gasteiger partial charge in [0.25, 0.3) is 0 Å². The van der Waals surface area contributed by atoms with Crippen molar-refractivity contribution in [3.05, 3.63) is 72.1 Å². The molecule has 0 saturated heterocycles. The van der Waals surface area contributed by atoms with Gasteiger partial charge >= 0.3 is 5.97 Å². The quantitative estimate of drug-likeness (QED) is 0.532. The van der Waals surface area contributed by atoms with Crippen molar-refractivity contribution in [1.29, 1.82) is 0 Å². The number of rotatable bonds is 5. The smallest absolute Gasteiger partial charge is 0.331 e. The molecule has 1 aromatic heterocycles. The number of carbonyl (C=O) groups is 1. The standard InChI is InChI=1S/C19H16N2O3/c1-23-16-9-6-14(7-10-16)13-24-19(22)11-8-15-12-20-17-4-2-3-5-18(17)21-15/h2-12H,13H2,1H3/b11-8+. The molecule has 24 heavy (non-hydrogen) atoms. The minimum atomic E-state index is -0.430. The second-order valence-electron chi connectivity index (χ2n) is 5.07. The van der Waals surface area contributed by atoms with E-state index in [2.05, 4.69) is 9.97 Å². The predicted octanol–water partition coefficient (Wildman–Crippen LogP) is 3.40. The van der Waals surface area contributed by atoms with Crippen molar-refractivity contribution in [2.75, 3.05) is 7.11 Å². The summed E-state index contributed by atoms with van der Waals surface area (Å²) in [4.78, 5) is 20.5. The fourth-order valence-electron chi connectivity index (χ4n) is 2.13. The van der Waals surface area contributed by atoms with Gasteiger partial charge in [-0.2, -0.15) is 0 Å². The van der Waals surface area contributed by atoms with Crippen molar-refractivity contribution in [2.45, 2.75) is 6.61 Å². The molecule has 0 radical (unpaired) electrons. The first-order valence-corrected chi connectivity index (χ1v) is 7.44. The highest BCUT2D eigenvalue weighted by molar-refractivity contribution is 5.87. The molecule has 0 spiro atoms. The molecule has 0 N–H and O–H groups in total. The summed E-state index contributed by atoms with van der Waals surface area (Å²) in [6.07, 6.45) is 4.56. The summed E-state index contributed by atoms with van der Waals surface area (Å²) >= 11 is 0. The molecule has 3 aromatic rings. The van der Waals surface area contributed by atoms with Crippen LogP contribution in [0.2, 0.25) is 0 Å². The fraction of sp³-hybridized carbons (Fsp3) is 0.105. The number of aromatic nitrogens is 2. The maximum absolute atomic E-state index is 11.8. The Balaban J connectivity index is 1.59. The zero-order valence-electron chi connectivity index (χ0n) is 13.2. The van der Waals surface area contributed by atoms with Crippen LogP contribution in [0.15, 0.2) is 60.8 Å². The van der Waals surface area contributed by atoms with E-state index < -0.39 is 5.97 Å². The molecule has 0 aliphatic carbocycles. The zero-order chi connectivity index (χ0) is 16.8. The number of esters is 1. The van der Waals surface area contributed by atoms with E-state index in [9.17, 15) is 4.79 Å². The second kappa shape index (κ2) is 7.37. The first kappa shape index (κ1) is 15.7. The number of benzene rings is 2. The maximum atomic E-state index is 11.8. The van der Waals surface area contributed by atoms with Gasteiger partial charge in [-0.1, -0.05) is 24.3 Å². The summed E-state index contributed by atoms with van der Waals surface area (Å²) < 4.78 is 10.3. The first-order chi connectivity index (χ1) is 11.7. The van der Waals surface area contributed by atoms with Crippen molar-refractivity contribution in [1.82, 2.24) is 9.97 Å². The third-order valence-electron chi connectivity index (χ3n) is 3.40. The van der Waals surface area contributed by atoms with Crippen LogP contribution in [0.25, 0.3) is 17.1 Å². The monoisotopic (exact) mass is 320 g/mol. The van der Waals surface area contributed by atoms with Crippen LogP contribution >= 0.6 is 0 Å². The van der Waals surface area contributed by atoms with Crippen LogP contribution in [-0.4, -0.2) is 23.0 Å².